The van der Waals surface area contributed by atoms with E-state index in [1.54, 1.807) is 25.2 Å². The molecular formula is C16H20N4O3S2. The van der Waals surface area contributed by atoms with Gasteiger partial charge in [0.15, 0.2) is 5.16 Å². The lowest BCUT2D eigenvalue weighted by atomic mass is 9.97. The van der Waals surface area contributed by atoms with Crippen LogP contribution in [0.3, 0.4) is 0 Å². The highest BCUT2D eigenvalue weighted by atomic mass is 32.2. The highest BCUT2D eigenvalue weighted by molar-refractivity contribution is 8.00. The van der Waals surface area contributed by atoms with Gasteiger partial charge in [0.1, 0.15) is 4.83 Å². The smallest absolute Gasteiger partial charge is 0.321 e. The van der Waals surface area contributed by atoms with E-state index in [9.17, 15) is 14.4 Å². The Morgan fingerprint density at radius 2 is 2.12 bits per heavy atom. The third-order valence-corrected chi connectivity index (χ3v) is 6.20. The van der Waals surface area contributed by atoms with E-state index in [1.807, 2.05) is 0 Å². The van der Waals surface area contributed by atoms with E-state index in [-0.39, 0.29) is 5.56 Å². The molecule has 0 bridgehead atoms. The fourth-order valence-electron chi connectivity index (χ4n) is 2.84. The minimum absolute atomic E-state index is 0.150. The summed E-state index contributed by atoms with van der Waals surface area (Å²) >= 11 is 2.71. The van der Waals surface area contributed by atoms with Gasteiger partial charge in [0, 0.05) is 11.4 Å². The zero-order valence-electron chi connectivity index (χ0n) is 14.1. The second-order valence-corrected chi connectivity index (χ2v) is 8.28. The molecule has 3 N–H and O–H groups in total. The van der Waals surface area contributed by atoms with Crippen molar-refractivity contribution in [3.05, 3.63) is 20.8 Å². The quantitative estimate of drug-likeness (QED) is 0.557. The number of thioether (sulfide) groups is 1. The molecule has 0 radical (unpaired) electrons. The Hall–Kier alpha value is -1.87. The zero-order chi connectivity index (χ0) is 18.0. The number of rotatable bonds is 4. The first-order valence-electron chi connectivity index (χ1n) is 8.29. The van der Waals surface area contributed by atoms with Crippen molar-refractivity contribution in [1.82, 2.24) is 20.6 Å². The van der Waals surface area contributed by atoms with Crippen molar-refractivity contribution in [3.63, 3.8) is 0 Å². The largest absolute Gasteiger partial charge is 0.338 e. The van der Waals surface area contributed by atoms with Crippen molar-refractivity contribution in [2.24, 2.45) is 0 Å². The predicted octanol–water partition coefficient (Wildman–Crippen LogP) is 2.19. The first kappa shape index (κ1) is 17.9. The minimum Gasteiger partial charge on any atom is -0.338 e. The van der Waals surface area contributed by atoms with Gasteiger partial charge in [-0.15, -0.1) is 11.3 Å². The number of amides is 3. The fourth-order valence-corrected chi connectivity index (χ4v) is 4.96. The number of hydrogen-bond acceptors (Lipinski definition) is 6. The second kappa shape index (κ2) is 7.57. The summed E-state index contributed by atoms with van der Waals surface area (Å²) in [5, 5.41) is 5.31. The molecule has 2 aromatic heterocycles. The lowest BCUT2D eigenvalue weighted by Gasteiger charge is -2.11. The third kappa shape index (κ3) is 3.87. The molecule has 7 nitrogen and oxygen atoms in total. The number of nitrogens with one attached hydrogen (secondary N) is 3. The number of imide groups is 1. The Morgan fingerprint density at radius 3 is 2.88 bits per heavy atom. The molecule has 0 fully saturated rings. The molecule has 3 rings (SSSR count). The Morgan fingerprint density at radius 1 is 1.36 bits per heavy atom. The maximum Gasteiger partial charge on any atom is 0.321 e. The molecule has 1 aliphatic rings. The maximum absolute atomic E-state index is 12.5. The van der Waals surface area contributed by atoms with Gasteiger partial charge in [-0.2, -0.15) is 0 Å². The van der Waals surface area contributed by atoms with E-state index >= 15 is 0 Å². The Labute approximate surface area is 153 Å². The maximum atomic E-state index is 12.5. The van der Waals surface area contributed by atoms with Gasteiger partial charge in [-0.1, -0.05) is 11.8 Å². The number of hydrogen-bond donors (Lipinski definition) is 3. The molecule has 3 amide bonds. The zero-order valence-corrected chi connectivity index (χ0v) is 15.7. The van der Waals surface area contributed by atoms with Crippen molar-refractivity contribution in [2.45, 2.75) is 49.9 Å². The van der Waals surface area contributed by atoms with Crippen molar-refractivity contribution in [2.75, 3.05) is 6.54 Å². The minimum atomic E-state index is -0.558. The van der Waals surface area contributed by atoms with Crippen LogP contribution in [0.5, 0.6) is 0 Å². The number of aromatic amines is 1. The molecule has 25 heavy (non-hydrogen) atoms. The van der Waals surface area contributed by atoms with E-state index in [4.69, 9.17) is 0 Å². The Balaban J connectivity index is 1.79. The van der Waals surface area contributed by atoms with E-state index in [1.165, 1.54) is 4.88 Å². The van der Waals surface area contributed by atoms with Crippen LogP contribution in [0, 0.1) is 0 Å². The van der Waals surface area contributed by atoms with Crippen LogP contribution in [0.4, 0.5) is 4.79 Å². The van der Waals surface area contributed by atoms with Crippen LogP contribution in [0.1, 0.15) is 37.1 Å². The van der Waals surface area contributed by atoms with Crippen LogP contribution in [-0.4, -0.2) is 33.7 Å². The topological polar surface area (TPSA) is 104 Å². The standard InChI is InChI=1S/C16H20N4O3S2/c1-3-17-15(23)18-12(21)8(2)24-16-19-13(22)11-9-6-4-5-7-10(9)25-14(11)20-16/h8H,3-7H2,1-2H3,(H,19,20,22)(H2,17,18,21,23). The molecule has 9 heteroatoms. The first-order chi connectivity index (χ1) is 12.0. The number of thiophene rings is 1. The summed E-state index contributed by atoms with van der Waals surface area (Å²) in [7, 11) is 0. The van der Waals surface area contributed by atoms with Gasteiger partial charge in [-0.3, -0.25) is 14.9 Å². The molecule has 0 saturated carbocycles. The van der Waals surface area contributed by atoms with Crippen LogP contribution in [0.15, 0.2) is 9.95 Å². The predicted molar refractivity (Wildman–Crippen MR) is 99.4 cm³/mol. The van der Waals surface area contributed by atoms with Crippen molar-refractivity contribution in [3.8, 4) is 0 Å². The number of urea groups is 1. The van der Waals surface area contributed by atoms with Crippen LogP contribution in [-0.2, 0) is 17.6 Å². The average Bonchev–Trinajstić information content (AvgIpc) is 2.93. The molecule has 1 aliphatic carbocycles. The van der Waals surface area contributed by atoms with Crippen LogP contribution >= 0.6 is 23.1 Å². The number of aryl methyl sites for hydroxylation is 2. The van der Waals surface area contributed by atoms with E-state index in [2.05, 4.69) is 20.6 Å². The molecule has 1 unspecified atom stereocenters. The van der Waals surface area contributed by atoms with E-state index in [0.29, 0.717) is 17.1 Å². The molecule has 0 aromatic carbocycles. The number of aromatic nitrogens is 2. The summed E-state index contributed by atoms with van der Waals surface area (Å²) < 4.78 is 0. The van der Waals surface area contributed by atoms with Gasteiger partial charge >= 0.3 is 6.03 Å². The van der Waals surface area contributed by atoms with Gasteiger partial charge in [0.25, 0.3) is 5.56 Å². The summed E-state index contributed by atoms with van der Waals surface area (Å²) in [6.07, 6.45) is 4.18. The third-order valence-electron chi connectivity index (χ3n) is 4.04. The highest BCUT2D eigenvalue weighted by Gasteiger charge is 2.22. The van der Waals surface area contributed by atoms with Crippen molar-refractivity contribution in [1.29, 1.82) is 0 Å². The van der Waals surface area contributed by atoms with Gasteiger partial charge < -0.3 is 10.3 Å². The molecule has 0 aliphatic heterocycles. The van der Waals surface area contributed by atoms with Crippen molar-refractivity contribution < 1.29 is 9.59 Å². The Kier molecular flexibility index (Phi) is 5.43. The SMILES string of the molecule is CCNC(=O)NC(=O)C(C)Sc1nc2sc3c(c2c(=O)[nH]1)CCCC3. The summed E-state index contributed by atoms with van der Waals surface area (Å²) in [5.41, 5.74) is 0.988. The molecule has 2 aromatic rings. The number of fused-ring (bicyclic) bond motifs is 3. The lowest BCUT2D eigenvalue weighted by Crippen LogP contribution is -2.42. The van der Waals surface area contributed by atoms with Gasteiger partial charge in [0.05, 0.1) is 10.6 Å². The lowest BCUT2D eigenvalue weighted by molar-refractivity contribution is -0.119. The summed E-state index contributed by atoms with van der Waals surface area (Å²) in [4.78, 5) is 45.2. The summed E-state index contributed by atoms with van der Waals surface area (Å²) in [5.74, 6) is -0.427. The molecule has 0 saturated heterocycles. The van der Waals surface area contributed by atoms with Gasteiger partial charge in [-0.25, -0.2) is 9.78 Å². The number of carbonyl (C=O) groups excluding carboxylic acids is 2. The van der Waals surface area contributed by atoms with Crippen LogP contribution < -0.4 is 16.2 Å². The Bertz CT molecular complexity index is 874. The molecule has 1 atom stereocenters. The monoisotopic (exact) mass is 380 g/mol. The van der Waals surface area contributed by atoms with Crippen LogP contribution in [0.25, 0.3) is 10.2 Å². The molecule has 134 valence electrons. The highest BCUT2D eigenvalue weighted by Crippen LogP contribution is 2.34. The number of nitrogens with zero attached hydrogens (tertiary/aromatic N) is 1. The molecule has 2 heterocycles. The summed E-state index contributed by atoms with van der Waals surface area (Å²) in [6.45, 7) is 3.88. The van der Waals surface area contributed by atoms with Gasteiger partial charge in [0.2, 0.25) is 5.91 Å². The van der Waals surface area contributed by atoms with E-state index < -0.39 is 17.2 Å². The van der Waals surface area contributed by atoms with Crippen LogP contribution in [0.2, 0.25) is 0 Å². The summed E-state index contributed by atoms with van der Waals surface area (Å²) in [6, 6.07) is -0.525. The fraction of sp³-hybridized carbons (Fsp3) is 0.500. The van der Waals surface area contributed by atoms with Gasteiger partial charge in [-0.05, 0) is 45.1 Å². The second-order valence-electron chi connectivity index (χ2n) is 5.87. The average molecular weight is 380 g/mol. The normalized spacial score (nSPS) is 14.8. The first-order valence-corrected chi connectivity index (χ1v) is 9.99. The van der Waals surface area contributed by atoms with Crippen molar-refractivity contribution >= 4 is 45.3 Å². The number of H-pyrrole nitrogens is 1. The molecular weight excluding hydrogens is 360 g/mol. The molecule has 0 spiro atoms. The number of carbonyl (C=O) groups is 2. The van der Waals surface area contributed by atoms with E-state index in [0.717, 1.165) is 47.8 Å².